The number of aromatic nitrogens is 5. The van der Waals surface area contributed by atoms with Gasteiger partial charge in [-0.1, -0.05) is 0 Å². The summed E-state index contributed by atoms with van der Waals surface area (Å²) < 4.78 is 3.82. The molecule has 0 unspecified atom stereocenters. The van der Waals surface area contributed by atoms with Crippen molar-refractivity contribution in [1.29, 1.82) is 0 Å². The molecular weight excluding hydrogens is 178 g/mol. The molecule has 14 heavy (non-hydrogen) atoms. The monoisotopic (exact) mass is 191 g/mol. The molecule has 0 saturated heterocycles. The van der Waals surface area contributed by atoms with Crippen molar-refractivity contribution in [3.8, 4) is 11.5 Å². The minimum Gasteiger partial charge on any atom is -0.310 e. The lowest BCUT2D eigenvalue weighted by Gasteiger charge is -2.09. The minimum atomic E-state index is 0.356. The summed E-state index contributed by atoms with van der Waals surface area (Å²) in [6.07, 6.45) is 3.50. The van der Waals surface area contributed by atoms with Crippen LogP contribution in [0.4, 0.5) is 0 Å². The van der Waals surface area contributed by atoms with Gasteiger partial charge in [-0.2, -0.15) is 5.10 Å². The Morgan fingerprint density at radius 2 is 2.14 bits per heavy atom. The van der Waals surface area contributed by atoms with E-state index in [0.29, 0.717) is 6.04 Å². The van der Waals surface area contributed by atoms with Crippen LogP contribution in [0.5, 0.6) is 0 Å². The second-order valence-corrected chi connectivity index (χ2v) is 3.50. The van der Waals surface area contributed by atoms with Crippen molar-refractivity contribution in [3.63, 3.8) is 0 Å². The first-order valence-corrected chi connectivity index (χ1v) is 4.58. The van der Waals surface area contributed by atoms with E-state index in [-0.39, 0.29) is 0 Å². The molecule has 0 N–H and O–H groups in total. The highest BCUT2D eigenvalue weighted by Gasteiger charge is 2.12. The molecule has 0 aromatic carbocycles. The van der Waals surface area contributed by atoms with Crippen molar-refractivity contribution in [2.45, 2.75) is 19.9 Å². The Morgan fingerprint density at radius 1 is 1.36 bits per heavy atom. The molecule has 2 aromatic rings. The topological polar surface area (TPSA) is 48.5 Å². The highest BCUT2D eigenvalue weighted by molar-refractivity contribution is 5.48. The number of hydrogen-bond donors (Lipinski definition) is 0. The number of hydrogen-bond acceptors (Lipinski definition) is 3. The van der Waals surface area contributed by atoms with E-state index in [9.17, 15) is 0 Å². The van der Waals surface area contributed by atoms with Gasteiger partial charge >= 0.3 is 0 Å². The molecule has 2 rings (SSSR count). The summed E-state index contributed by atoms with van der Waals surface area (Å²) in [7, 11) is 1.90. The third-order valence-corrected chi connectivity index (χ3v) is 2.18. The highest BCUT2D eigenvalue weighted by atomic mass is 15.3. The third-order valence-electron chi connectivity index (χ3n) is 2.18. The summed E-state index contributed by atoms with van der Waals surface area (Å²) in [4.78, 5) is 0. The van der Waals surface area contributed by atoms with Crippen LogP contribution in [0.1, 0.15) is 19.9 Å². The van der Waals surface area contributed by atoms with E-state index in [0.717, 1.165) is 11.5 Å². The van der Waals surface area contributed by atoms with E-state index in [1.165, 1.54) is 0 Å². The lowest BCUT2D eigenvalue weighted by molar-refractivity contribution is 0.599. The zero-order valence-electron chi connectivity index (χ0n) is 8.55. The SMILES string of the molecule is CC(C)n1cnnc1-c1ccnn1C. The predicted molar refractivity (Wildman–Crippen MR) is 52.6 cm³/mol. The Balaban J connectivity index is 2.52. The molecule has 0 bridgehead atoms. The average Bonchev–Trinajstić information content (AvgIpc) is 2.70. The fraction of sp³-hybridized carbons (Fsp3) is 0.444. The molecule has 2 heterocycles. The van der Waals surface area contributed by atoms with Crippen LogP contribution in [0, 0.1) is 0 Å². The molecule has 5 heteroatoms. The van der Waals surface area contributed by atoms with E-state index >= 15 is 0 Å². The Bertz CT molecular complexity index is 426. The van der Waals surface area contributed by atoms with Gasteiger partial charge in [0.15, 0.2) is 5.82 Å². The van der Waals surface area contributed by atoms with E-state index in [4.69, 9.17) is 0 Å². The van der Waals surface area contributed by atoms with Gasteiger partial charge in [0.1, 0.15) is 12.0 Å². The van der Waals surface area contributed by atoms with Gasteiger partial charge in [0, 0.05) is 19.3 Å². The van der Waals surface area contributed by atoms with E-state index < -0.39 is 0 Å². The molecule has 0 radical (unpaired) electrons. The van der Waals surface area contributed by atoms with Crippen molar-refractivity contribution < 1.29 is 0 Å². The molecule has 0 fully saturated rings. The predicted octanol–water partition coefficient (Wildman–Crippen LogP) is 1.26. The summed E-state index contributed by atoms with van der Waals surface area (Å²) >= 11 is 0. The van der Waals surface area contributed by atoms with Crippen LogP contribution >= 0.6 is 0 Å². The molecule has 0 spiro atoms. The van der Waals surface area contributed by atoms with Gasteiger partial charge in [-0.15, -0.1) is 10.2 Å². The van der Waals surface area contributed by atoms with Crippen molar-refractivity contribution in [1.82, 2.24) is 24.5 Å². The zero-order chi connectivity index (χ0) is 10.1. The quantitative estimate of drug-likeness (QED) is 0.718. The van der Waals surface area contributed by atoms with Crippen LogP contribution in [0.25, 0.3) is 11.5 Å². The maximum atomic E-state index is 4.11. The number of rotatable bonds is 2. The maximum absolute atomic E-state index is 4.11. The zero-order valence-corrected chi connectivity index (χ0v) is 8.55. The van der Waals surface area contributed by atoms with Gasteiger partial charge in [0.25, 0.3) is 0 Å². The molecule has 0 aliphatic rings. The average molecular weight is 191 g/mol. The lowest BCUT2D eigenvalue weighted by Crippen LogP contribution is -2.04. The van der Waals surface area contributed by atoms with Crippen molar-refractivity contribution in [2.24, 2.45) is 7.05 Å². The molecule has 2 aromatic heterocycles. The van der Waals surface area contributed by atoms with Gasteiger partial charge in [-0.05, 0) is 19.9 Å². The van der Waals surface area contributed by atoms with Crippen LogP contribution in [-0.4, -0.2) is 24.5 Å². The molecule has 0 aliphatic heterocycles. The summed E-state index contributed by atoms with van der Waals surface area (Å²) in [6.45, 7) is 4.20. The second kappa shape index (κ2) is 3.25. The molecule has 74 valence electrons. The molecule has 5 nitrogen and oxygen atoms in total. The molecular formula is C9H13N5. The van der Waals surface area contributed by atoms with Gasteiger partial charge in [0.05, 0.1) is 0 Å². The van der Waals surface area contributed by atoms with Gasteiger partial charge in [0.2, 0.25) is 0 Å². The Morgan fingerprint density at radius 3 is 2.71 bits per heavy atom. The van der Waals surface area contributed by atoms with Gasteiger partial charge < -0.3 is 4.57 Å². The van der Waals surface area contributed by atoms with Crippen LogP contribution in [0.15, 0.2) is 18.6 Å². The molecule has 0 amide bonds. The first-order valence-electron chi connectivity index (χ1n) is 4.58. The second-order valence-electron chi connectivity index (χ2n) is 3.50. The molecule has 0 aliphatic carbocycles. The lowest BCUT2D eigenvalue weighted by atomic mass is 10.3. The molecule has 0 saturated carbocycles. The Labute approximate surface area is 82.4 Å². The third kappa shape index (κ3) is 1.30. The Kier molecular flexibility index (Phi) is 2.07. The molecule has 0 atom stereocenters. The van der Waals surface area contributed by atoms with Gasteiger partial charge in [-0.3, -0.25) is 4.68 Å². The summed E-state index contributed by atoms with van der Waals surface area (Å²) in [6, 6.07) is 2.29. The van der Waals surface area contributed by atoms with Crippen molar-refractivity contribution in [2.75, 3.05) is 0 Å². The normalized spacial score (nSPS) is 11.1. The van der Waals surface area contributed by atoms with Crippen LogP contribution in [0.2, 0.25) is 0 Å². The van der Waals surface area contributed by atoms with Crippen molar-refractivity contribution >= 4 is 0 Å². The highest BCUT2D eigenvalue weighted by Crippen LogP contribution is 2.18. The van der Waals surface area contributed by atoms with Crippen LogP contribution in [0.3, 0.4) is 0 Å². The van der Waals surface area contributed by atoms with E-state index in [1.807, 2.05) is 17.7 Å². The van der Waals surface area contributed by atoms with E-state index in [1.54, 1.807) is 17.2 Å². The van der Waals surface area contributed by atoms with Crippen LogP contribution < -0.4 is 0 Å². The first kappa shape index (κ1) is 8.93. The maximum Gasteiger partial charge on any atom is 0.182 e. The summed E-state index contributed by atoms with van der Waals surface area (Å²) in [5.41, 5.74) is 0.983. The smallest absolute Gasteiger partial charge is 0.182 e. The first-order chi connectivity index (χ1) is 6.70. The van der Waals surface area contributed by atoms with Crippen molar-refractivity contribution in [3.05, 3.63) is 18.6 Å². The minimum absolute atomic E-state index is 0.356. The van der Waals surface area contributed by atoms with Gasteiger partial charge in [-0.25, -0.2) is 0 Å². The fourth-order valence-electron chi connectivity index (χ4n) is 1.40. The number of aryl methyl sites for hydroxylation is 1. The summed E-state index contributed by atoms with van der Waals surface area (Å²) in [5.74, 6) is 0.861. The largest absolute Gasteiger partial charge is 0.310 e. The summed E-state index contributed by atoms with van der Waals surface area (Å²) in [5, 5.41) is 12.1. The standard InChI is InChI=1S/C9H13N5/c1-7(2)14-6-10-12-9(14)8-4-5-11-13(8)3/h4-7H,1-3H3. The van der Waals surface area contributed by atoms with Crippen LogP contribution in [-0.2, 0) is 7.05 Å². The number of nitrogens with zero attached hydrogens (tertiary/aromatic N) is 5. The fourth-order valence-corrected chi connectivity index (χ4v) is 1.40. The van der Waals surface area contributed by atoms with E-state index in [2.05, 4.69) is 29.1 Å². The Hall–Kier alpha value is -1.65.